The Labute approximate surface area is 254 Å². The fourth-order valence-electron chi connectivity index (χ4n) is 5.57. The van der Waals surface area contributed by atoms with Crippen LogP contribution in [0.25, 0.3) is 10.8 Å². The number of nitrogens with zero attached hydrogens (tertiary/aromatic N) is 2. The van der Waals surface area contributed by atoms with Crippen LogP contribution in [0.2, 0.25) is 0 Å². The highest BCUT2D eigenvalue weighted by Crippen LogP contribution is 2.40. The molecule has 3 amide bonds. The number of amides is 3. The first kappa shape index (κ1) is 28.8. The lowest BCUT2D eigenvalue weighted by atomic mass is 10.00. The van der Waals surface area contributed by atoms with Crippen LogP contribution < -0.4 is 20.9 Å². The number of nitrogens with two attached hydrogens (primary N) is 1. The minimum absolute atomic E-state index is 0.0636. The predicted octanol–water partition coefficient (Wildman–Crippen LogP) is 5.97. The van der Waals surface area contributed by atoms with Crippen molar-refractivity contribution in [3.05, 3.63) is 138 Å². The number of hydrogen-bond acceptors (Lipinski definition) is 4. The minimum atomic E-state index is -1.32. The fourth-order valence-corrected chi connectivity index (χ4v) is 5.57. The van der Waals surface area contributed by atoms with E-state index in [0.29, 0.717) is 29.2 Å². The van der Waals surface area contributed by atoms with E-state index in [9.17, 15) is 18.8 Å². The molecule has 1 unspecified atom stereocenters. The van der Waals surface area contributed by atoms with Gasteiger partial charge in [-0.1, -0.05) is 78.9 Å². The summed E-state index contributed by atoms with van der Waals surface area (Å²) in [6, 6.07) is 34.6. The Morgan fingerprint density at radius 2 is 1.41 bits per heavy atom. The maximum absolute atomic E-state index is 14.3. The van der Waals surface area contributed by atoms with E-state index < -0.39 is 35.9 Å². The maximum atomic E-state index is 14.3. The van der Waals surface area contributed by atoms with E-state index in [1.165, 1.54) is 11.0 Å². The zero-order valence-electron chi connectivity index (χ0n) is 23.9. The van der Waals surface area contributed by atoms with Crippen LogP contribution in [0.4, 0.5) is 21.5 Å². The molecule has 220 valence electrons. The summed E-state index contributed by atoms with van der Waals surface area (Å²) in [5, 5.41) is 4.79. The monoisotopic (exact) mass is 586 g/mol. The van der Waals surface area contributed by atoms with Gasteiger partial charge in [0.05, 0.1) is 17.9 Å². The molecule has 0 radical (unpaired) electrons. The van der Waals surface area contributed by atoms with Gasteiger partial charge in [0, 0.05) is 30.8 Å². The second kappa shape index (κ2) is 12.5. The van der Waals surface area contributed by atoms with Crippen molar-refractivity contribution in [2.45, 2.75) is 26.1 Å². The summed E-state index contributed by atoms with van der Waals surface area (Å²) in [6.45, 7) is 0.473. The van der Waals surface area contributed by atoms with Crippen LogP contribution in [0.1, 0.15) is 23.1 Å². The zero-order chi connectivity index (χ0) is 30.6. The van der Waals surface area contributed by atoms with Gasteiger partial charge in [-0.25, -0.2) is 4.39 Å². The largest absolute Gasteiger partial charge is 0.352 e. The Morgan fingerprint density at radius 1 is 0.750 bits per heavy atom. The summed E-state index contributed by atoms with van der Waals surface area (Å²) in [5.41, 5.74) is 9.52. The molecule has 8 heteroatoms. The normalized spacial score (nSPS) is 14.8. The lowest BCUT2D eigenvalue weighted by Crippen LogP contribution is -2.43. The standard InChI is InChI=1S/C36H31FN4O3/c37-31-10-4-3-9-28(31)22-39-34(42)20-30-35(43)40(23-25-13-16-26-7-1-2-8-27(26)19-25)32-11-5-6-12-33(32)41(36(30)44)29-17-14-24(21-38)15-18-29/h1-19,30H,20-23,38H2,(H,39,42). The van der Waals surface area contributed by atoms with Crippen molar-refractivity contribution >= 4 is 45.6 Å². The molecule has 1 atom stereocenters. The van der Waals surface area contributed by atoms with Gasteiger partial charge in [0.15, 0.2) is 0 Å². The molecular formula is C36H31FN4O3. The molecule has 3 N–H and O–H groups in total. The van der Waals surface area contributed by atoms with Gasteiger partial charge in [-0.15, -0.1) is 0 Å². The number of anilines is 3. The number of hydrogen-bond donors (Lipinski definition) is 2. The van der Waals surface area contributed by atoms with E-state index in [0.717, 1.165) is 21.9 Å². The van der Waals surface area contributed by atoms with Gasteiger partial charge >= 0.3 is 0 Å². The molecule has 5 aromatic carbocycles. The summed E-state index contributed by atoms with van der Waals surface area (Å²) >= 11 is 0. The van der Waals surface area contributed by atoms with Gasteiger partial charge in [-0.3, -0.25) is 19.3 Å². The smallest absolute Gasteiger partial charge is 0.244 e. The first-order chi connectivity index (χ1) is 21.4. The second-order valence-corrected chi connectivity index (χ2v) is 10.8. The van der Waals surface area contributed by atoms with Crippen LogP contribution in [0.15, 0.2) is 115 Å². The molecule has 1 aliphatic rings. The number of nitrogens with one attached hydrogen (secondary N) is 1. The molecule has 0 aliphatic carbocycles. The summed E-state index contributed by atoms with van der Waals surface area (Å²) in [5.74, 6) is -3.31. The third-order valence-corrected chi connectivity index (χ3v) is 7.90. The minimum Gasteiger partial charge on any atom is -0.352 e. The van der Waals surface area contributed by atoms with Crippen molar-refractivity contribution in [1.29, 1.82) is 0 Å². The molecule has 7 nitrogen and oxygen atoms in total. The summed E-state index contributed by atoms with van der Waals surface area (Å²) in [7, 11) is 0. The van der Waals surface area contributed by atoms with Crippen LogP contribution in [0.3, 0.4) is 0 Å². The quantitative estimate of drug-likeness (QED) is 0.219. The predicted molar refractivity (Wildman–Crippen MR) is 169 cm³/mol. The Kier molecular flexibility index (Phi) is 8.16. The van der Waals surface area contributed by atoms with Crippen molar-refractivity contribution in [3.8, 4) is 0 Å². The topological polar surface area (TPSA) is 95.7 Å². The maximum Gasteiger partial charge on any atom is 0.244 e. The molecule has 0 saturated heterocycles. The zero-order valence-corrected chi connectivity index (χ0v) is 23.9. The van der Waals surface area contributed by atoms with Gasteiger partial charge < -0.3 is 16.0 Å². The molecule has 6 rings (SSSR count). The van der Waals surface area contributed by atoms with Crippen molar-refractivity contribution in [2.75, 3.05) is 9.80 Å². The Morgan fingerprint density at radius 3 is 2.16 bits per heavy atom. The first-order valence-corrected chi connectivity index (χ1v) is 14.4. The molecular weight excluding hydrogens is 555 g/mol. The average molecular weight is 587 g/mol. The molecule has 44 heavy (non-hydrogen) atoms. The van der Waals surface area contributed by atoms with Gasteiger partial charge in [-0.2, -0.15) is 0 Å². The van der Waals surface area contributed by atoms with Crippen LogP contribution in [-0.4, -0.2) is 17.7 Å². The van der Waals surface area contributed by atoms with E-state index in [4.69, 9.17) is 5.73 Å². The highest BCUT2D eigenvalue weighted by atomic mass is 19.1. The molecule has 1 heterocycles. The van der Waals surface area contributed by atoms with Crippen molar-refractivity contribution in [3.63, 3.8) is 0 Å². The average Bonchev–Trinajstić information content (AvgIpc) is 3.13. The lowest BCUT2D eigenvalue weighted by molar-refractivity contribution is -0.136. The van der Waals surface area contributed by atoms with Gasteiger partial charge in [0.25, 0.3) is 0 Å². The highest BCUT2D eigenvalue weighted by Gasteiger charge is 2.42. The number of halogens is 1. The number of benzene rings is 5. The molecule has 5 aromatic rings. The third kappa shape index (κ3) is 5.80. The third-order valence-electron chi connectivity index (χ3n) is 7.90. The van der Waals surface area contributed by atoms with Crippen LogP contribution in [0, 0.1) is 11.7 Å². The van der Waals surface area contributed by atoms with E-state index >= 15 is 0 Å². The van der Waals surface area contributed by atoms with E-state index in [1.54, 1.807) is 41.3 Å². The van der Waals surface area contributed by atoms with Crippen LogP contribution in [-0.2, 0) is 34.0 Å². The van der Waals surface area contributed by atoms with E-state index in [2.05, 4.69) is 5.32 Å². The Hall–Kier alpha value is -5.34. The van der Waals surface area contributed by atoms with Gasteiger partial charge in [-0.05, 0) is 58.3 Å². The highest BCUT2D eigenvalue weighted by molar-refractivity contribution is 6.21. The molecule has 0 bridgehead atoms. The lowest BCUT2D eigenvalue weighted by Gasteiger charge is -2.26. The summed E-state index contributed by atoms with van der Waals surface area (Å²) in [4.78, 5) is 45.0. The molecule has 0 aromatic heterocycles. The molecule has 0 fully saturated rings. The van der Waals surface area contributed by atoms with Crippen molar-refractivity contribution in [2.24, 2.45) is 11.7 Å². The number of rotatable bonds is 8. The SMILES string of the molecule is NCc1ccc(N2C(=O)C(CC(=O)NCc3ccccc3F)C(=O)N(Cc3ccc4ccccc4c3)c3ccccc32)cc1. The number of para-hydroxylation sites is 2. The Balaban J connectivity index is 1.38. The van der Waals surface area contributed by atoms with Gasteiger partial charge in [0.1, 0.15) is 11.7 Å². The summed E-state index contributed by atoms with van der Waals surface area (Å²) in [6.07, 6.45) is -0.397. The van der Waals surface area contributed by atoms with Gasteiger partial charge in [0.2, 0.25) is 17.7 Å². The molecule has 1 aliphatic heterocycles. The number of carbonyl (C=O) groups excluding carboxylic acids is 3. The second-order valence-electron chi connectivity index (χ2n) is 10.8. The Bertz CT molecular complexity index is 1860. The summed E-state index contributed by atoms with van der Waals surface area (Å²) < 4.78 is 14.2. The molecule has 0 saturated carbocycles. The van der Waals surface area contributed by atoms with E-state index in [-0.39, 0.29) is 13.1 Å². The van der Waals surface area contributed by atoms with Crippen molar-refractivity contribution < 1.29 is 18.8 Å². The fraction of sp³-hybridized carbons (Fsp3) is 0.139. The number of fused-ring (bicyclic) bond motifs is 2. The number of carbonyl (C=O) groups is 3. The molecule has 0 spiro atoms. The van der Waals surface area contributed by atoms with Crippen molar-refractivity contribution in [1.82, 2.24) is 5.32 Å². The van der Waals surface area contributed by atoms with Crippen LogP contribution in [0.5, 0.6) is 0 Å². The van der Waals surface area contributed by atoms with E-state index in [1.807, 2.05) is 72.8 Å². The first-order valence-electron chi connectivity index (χ1n) is 14.4. The van der Waals surface area contributed by atoms with Crippen LogP contribution >= 0.6 is 0 Å².